The lowest BCUT2D eigenvalue weighted by molar-refractivity contribution is -0.132. The summed E-state index contributed by atoms with van der Waals surface area (Å²) in [6.07, 6.45) is 3.25. The number of amides is 1. The van der Waals surface area contributed by atoms with Crippen LogP contribution in [-0.2, 0) is 14.8 Å². The van der Waals surface area contributed by atoms with E-state index in [1.807, 2.05) is 0 Å². The normalized spacial score (nSPS) is 21.5. The van der Waals surface area contributed by atoms with Crippen molar-refractivity contribution in [3.05, 3.63) is 0 Å². The fraction of sp³-hybridized carbons (Fsp3) is 0.900. The van der Waals surface area contributed by atoms with Crippen LogP contribution in [0, 0.1) is 0 Å². The smallest absolute Gasteiger partial charge is 0.223 e. The van der Waals surface area contributed by atoms with E-state index in [2.05, 4.69) is 10.0 Å². The standard InChI is InChI=1S/C10H21N3O3S/c1-11-6-5-10(14)13-7-3-4-9(8-13)12-17(2,15)16/h9,11-12H,3-8H2,1-2H3. The molecule has 0 saturated carbocycles. The zero-order chi connectivity index (χ0) is 12.9. The molecule has 0 aliphatic carbocycles. The lowest BCUT2D eigenvalue weighted by Crippen LogP contribution is -2.49. The van der Waals surface area contributed by atoms with E-state index in [0.29, 0.717) is 19.5 Å². The van der Waals surface area contributed by atoms with Gasteiger partial charge in [0.2, 0.25) is 15.9 Å². The van der Waals surface area contributed by atoms with Crippen LogP contribution in [0.2, 0.25) is 0 Å². The summed E-state index contributed by atoms with van der Waals surface area (Å²) in [6.45, 7) is 1.86. The molecule has 0 radical (unpaired) electrons. The van der Waals surface area contributed by atoms with Crippen molar-refractivity contribution in [2.75, 3.05) is 32.9 Å². The molecule has 1 rings (SSSR count). The van der Waals surface area contributed by atoms with Crippen molar-refractivity contribution in [1.29, 1.82) is 0 Å². The van der Waals surface area contributed by atoms with Gasteiger partial charge < -0.3 is 10.2 Å². The van der Waals surface area contributed by atoms with Crippen LogP contribution in [0.3, 0.4) is 0 Å². The molecule has 7 heteroatoms. The summed E-state index contributed by atoms with van der Waals surface area (Å²) in [5.74, 6) is 0.0827. The van der Waals surface area contributed by atoms with E-state index in [1.54, 1.807) is 11.9 Å². The third-order valence-corrected chi connectivity index (χ3v) is 3.51. The number of rotatable bonds is 5. The molecular formula is C10H21N3O3S. The summed E-state index contributed by atoms with van der Waals surface area (Å²) in [5, 5.41) is 2.93. The average molecular weight is 263 g/mol. The molecule has 0 aromatic rings. The first-order valence-electron chi connectivity index (χ1n) is 5.82. The van der Waals surface area contributed by atoms with Crippen molar-refractivity contribution in [1.82, 2.24) is 14.9 Å². The Balaban J connectivity index is 2.46. The van der Waals surface area contributed by atoms with Gasteiger partial charge in [0.25, 0.3) is 0 Å². The summed E-state index contributed by atoms with van der Waals surface area (Å²) >= 11 is 0. The fourth-order valence-corrected chi connectivity index (χ4v) is 2.79. The summed E-state index contributed by atoms with van der Waals surface area (Å²) in [5.41, 5.74) is 0. The number of nitrogens with zero attached hydrogens (tertiary/aromatic N) is 1. The predicted molar refractivity (Wildman–Crippen MR) is 66.1 cm³/mol. The average Bonchev–Trinajstić information content (AvgIpc) is 2.24. The van der Waals surface area contributed by atoms with Gasteiger partial charge in [-0.05, 0) is 19.9 Å². The van der Waals surface area contributed by atoms with Crippen LogP contribution in [0.5, 0.6) is 0 Å². The SMILES string of the molecule is CNCCC(=O)N1CCCC(NS(C)(=O)=O)C1. The quantitative estimate of drug-likeness (QED) is 0.676. The Morgan fingerprint density at radius 2 is 2.18 bits per heavy atom. The van der Waals surface area contributed by atoms with Gasteiger partial charge in [-0.2, -0.15) is 0 Å². The van der Waals surface area contributed by atoms with Gasteiger partial charge >= 0.3 is 0 Å². The minimum absolute atomic E-state index is 0.0827. The largest absolute Gasteiger partial charge is 0.341 e. The van der Waals surface area contributed by atoms with Gasteiger partial charge in [0.05, 0.1) is 6.26 Å². The van der Waals surface area contributed by atoms with Crippen LogP contribution in [0.25, 0.3) is 0 Å². The Labute approximate surface area is 103 Å². The number of hydrogen-bond donors (Lipinski definition) is 2. The molecule has 0 aromatic carbocycles. The van der Waals surface area contributed by atoms with Crippen molar-refractivity contribution in [3.63, 3.8) is 0 Å². The first-order chi connectivity index (χ1) is 7.92. The highest BCUT2D eigenvalue weighted by Crippen LogP contribution is 2.11. The van der Waals surface area contributed by atoms with E-state index in [-0.39, 0.29) is 11.9 Å². The zero-order valence-corrected chi connectivity index (χ0v) is 11.2. The third kappa shape index (κ3) is 5.47. The molecule has 1 saturated heterocycles. The maximum atomic E-state index is 11.8. The van der Waals surface area contributed by atoms with Crippen LogP contribution in [-0.4, -0.2) is 58.2 Å². The molecule has 1 aliphatic heterocycles. The van der Waals surface area contributed by atoms with E-state index in [9.17, 15) is 13.2 Å². The molecule has 1 atom stereocenters. The second-order valence-electron chi connectivity index (χ2n) is 4.42. The van der Waals surface area contributed by atoms with Gasteiger partial charge in [-0.25, -0.2) is 13.1 Å². The van der Waals surface area contributed by atoms with Crippen LogP contribution in [0.15, 0.2) is 0 Å². The third-order valence-electron chi connectivity index (χ3n) is 2.74. The maximum absolute atomic E-state index is 11.8. The highest BCUT2D eigenvalue weighted by atomic mass is 32.2. The van der Waals surface area contributed by atoms with E-state index in [4.69, 9.17) is 0 Å². The molecule has 1 unspecified atom stereocenters. The molecule has 100 valence electrons. The lowest BCUT2D eigenvalue weighted by atomic mass is 10.1. The fourth-order valence-electron chi connectivity index (χ4n) is 1.99. The number of carbonyl (C=O) groups excluding carboxylic acids is 1. The van der Waals surface area contributed by atoms with E-state index >= 15 is 0 Å². The molecule has 1 fully saturated rings. The van der Waals surface area contributed by atoms with Gasteiger partial charge in [0.1, 0.15) is 0 Å². The number of hydrogen-bond acceptors (Lipinski definition) is 4. The number of likely N-dealkylation sites (tertiary alicyclic amines) is 1. The number of piperidine rings is 1. The lowest BCUT2D eigenvalue weighted by Gasteiger charge is -2.32. The number of sulfonamides is 1. The molecule has 0 spiro atoms. The summed E-state index contributed by atoms with van der Waals surface area (Å²) in [7, 11) is -1.39. The Hall–Kier alpha value is -0.660. The van der Waals surface area contributed by atoms with Crippen molar-refractivity contribution in [2.24, 2.45) is 0 Å². The maximum Gasteiger partial charge on any atom is 0.223 e. The highest BCUT2D eigenvalue weighted by Gasteiger charge is 2.24. The van der Waals surface area contributed by atoms with Crippen molar-refractivity contribution in [2.45, 2.75) is 25.3 Å². The minimum atomic E-state index is -3.19. The molecule has 0 bridgehead atoms. The Morgan fingerprint density at radius 1 is 1.47 bits per heavy atom. The highest BCUT2D eigenvalue weighted by molar-refractivity contribution is 7.88. The summed E-state index contributed by atoms with van der Waals surface area (Å²) in [4.78, 5) is 13.5. The van der Waals surface area contributed by atoms with Crippen LogP contribution < -0.4 is 10.0 Å². The van der Waals surface area contributed by atoms with Crippen molar-refractivity contribution >= 4 is 15.9 Å². The van der Waals surface area contributed by atoms with Gasteiger partial charge in [-0.1, -0.05) is 0 Å². The van der Waals surface area contributed by atoms with Gasteiger partial charge in [-0.15, -0.1) is 0 Å². The van der Waals surface area contributed by atoms with E-state index < -0.39 is 10.0 Å². The molecule has 1 heterocycles. The van der Waals surface area contributed by atoms with Crippen molar-refractivity contribution in [3.8, 4) is 0 Å². The van der Waals surface area contributed by atoms with Crippen LogP contribution in [0.4, 0.5) is 0 Å². The topological polar surface area (TPSA) is 78.5 Å². The molecule has 0 aromatic heterocycles. The van der Waals surface area contributed by atoms with E-state index in [0.717, 1.165) is 25.6 Å². The second-order valence-corrected chi connectivity index (χ2v) is 6.20. The van der Waals surface area contributed by atoms with Crippen molar-refractivity contribution < 1.29 is 13.2 Å². The Bertz CT molecular complexity index is 356. The summed E-state index contributed by atoms with van der Waals surface area (Å²) in [6, 6.07) is -0.141. The molecule has 1 amide bonds. The van der Waals surface area contributed by atoms with Gasteiger partial charge in [0.15, 0.2) is 0 Å². The monoisotopic (exact) mass is 263 g/mol. The summed E-state index contributed by atoms with van der Waals surface area (Å²) < 4.78 is 24.8. The van der Waals surface area contributed by atoms with Crippen LogP contribution in [0.1, 0.15) is 19.3 Å². The molecule has 1 aliphatic rings. The van der Waals surface area contributed by atoms with E-state index in [1.165, 1.54) is 0 Å². The Kier molecular flexibility index (Phi) is 5.35. The number of carbonyl (C=O) groups is 1. The predicted octanol–water partition coefficient (Wildman–Crippen LogP) is -0.864. The van der Waals surface area contributed by atoms with Gasteiger partial charge in [0, 0.05) is 32.1 Å². The second kappa shape index (κ2) is 6.32. The van der Waals surface area contributed by atoms with Crippen LogP contribution >= 0.6 is 0 Å². The molecular weight excluding hydrogens is 242 g/mol. The first-order valence-corrected chi connectivity index (χ1v) is 7.71. The van der Waals surface area contributed by atoms with Gasteiger partial charge in [-0.3, -0.25) is 4.79 Å². The Morgan fingerprint density at radius 3 is 2.76 bits per heavy atom. The number of nitrogens with one attached hydrogen (secondary N) is 2. The molecule has 17 heavy (non-hydrogen) atoms. The minimum Gasteiger partial charge on any atom is -0.341 e. The zero-order valence-electron chi connectivity index (χ0n) is 10.4. The first kappa shape index (κ1) is 14.4. The molecule has 6 nitrogen and oxygen atoms in total. The molecule has 2 N–H and O–H groups in total.